The maximum Gasteiger partial charge on any atom is 0.240 e. The molecule has 1 aliphatic rings. The first kappa shape index (κ1) is 18.8. The highest BCUT2D eigenvalue weighted by molar-refractivity contribution is 7.22. The van der Waals surface area contributed by atoms with Crippen molar-refractivity contribution in [1.29, 1.82) is 0 Å². The van der Waals surface area contributed by atoms with Crippen LogP contribution >= 0.6 is 11.3 Å². The average Bonchev–Trinajstić information content (AvgIpc) is 3.29. The maximum absolute atomic E-state index is 13.3. The Kier molecular flexibility index (Phi) is 4.75. The number of benzene rings is 1. The number of carbonyl (C=O) groups excluding carboxylic acids is 1. The van der Waals surface area contributed by atoms with Crippen molar-refractivity contribution < 1.29 is 9.18 Å². The molecule has 1 saturated heterocycles. The first-order valence-corrected chi connectivity index (χ1v) is 10.4. The zero-order chi connectivity index (χ0) is 20.7. The molecule has 1 amide bonds. The Morgan fingerprint density at radius 2 is 2.03 bits per heavy atom. The van der Waals surface area contributed by atoms with Crippen LogP contribution in [0.25, 0.3) is 15.9 Å². The molecule has 0 atom stereocenters. The van der Waals surface area contributed by atoms with E-state index in [4.69, 9.17) is 0 Å². The van der Waals surface area contributed by atoms with Crippen LogP contribution in [-0.2, 0) is 4.79 Å². The molecule has 0 spiro atoms. The number of piperazine rings is 1. The fourth-order valence-electron chi connectivity index (χ4n) is 3.57. The molecule has 11 heteroatoms. The number of fused-ring (bicyclic) bond motifs is 2. The van der Waals surface area contributed by atoms with Gasteiger partial charge in [-0.2, -0.15) is 4.52 Å². The molecule has 154 valence electrons. The molecular weight excluding hydrogens is 407 g/mol. The van der Waals surface area contributed by atoms with Gasteiger partial charge in [-0.1, -0.05) is 11.3 Å². The lowest BCUT2D eigenvalue weighted by Gasteiger charge is -2.35. The third-order valence-electron chi connectivity index (χ3n) is 5.00. The fourth-order valence-corrected chi connectivity index (χ4v) is 4.48. The number of aromatic nitrogens is 5. The second-order valence-electron chi connectivity index (χ2n) is 7.14. The van der Waals surface area contributed by atoms with Crippen molar-refractivity contribution in [3.05, 3.63) is 42.2 Å². The Labute approximate surface area is 175 Å². The van der Waals surface area contributed by atoms with Crippen molar-refractivity contribution in [2.45, 2.75) is 6.92 Å². The summed E-state index contributed by atoms with van der Waals surface area (Å²) in [4.78, 5) is 29.7. The molecule has 3 aromatic heterocycles. The number of aryl methyl sites for hydroxylation is 1. The Bertz CT molecular complexity index is 1230. The van der Waals surface area contributed by atoms with E-state index < -0.39 is 0 Å². The Morgan fingerprint density at radius 1 is 1.20 bits per heavy atom. The summed E-state index contributed by atoms with van der Waals surface area (Å²) in [5, 5.41) is 7.75. The van der Waals surface area contributed by atoms with Gasteiger partial charge in [0.1, 0.15) is 11.6 Å². The topological polar surface area (TPSA) is 91.5 Å². The normalized spacial score (nSPS) is 15.2. The zero-order valence-corrected chi connectivity index (χ0v) is 17.1. The van der Waals surface area contributed by atoms with Crippen LogP contribution in [0.3, 0.4) is 0 Å². The van der Waals surface area contributed by atoms with Crippen LogP contribution in [0.2, 0.25) is 0 Å². The number of amides is 1. The number of thiazole rings is 1. The highest BCUT2D eigenvalue weighted by atomic mass is 32.1. The monoisotopic (exact) mass is 426 g/mol. The molecule has 30 heavy (non-hydrogen) atoms. The van der Waals surface area contributed by atoms with E-state index in [9.17, 15) is 9.18 Å². The van der Waals surface area contributed by atoms with Gasteiger partial charge in [0.2, 0.25) is 5.91 Å². The summed E-state index contributed by atoms with van der Waals surface area (Å²) in [5.74, 6) is 1.17. The molecule has 0 bridgehead atoms. The van der Waals surface area contributed by atoms with E-state index in [2.05, 4.69) is 35.2 Å². The Hall–Kier alpha value is -3.18. The van der Waals surface area contributed by atoms with Crippen molar-refractivity contribution >= 4 is 44.1 Å². The first-order chi connectivity index (χ1) is 14.5. The van der Waals surface area contributed by atoms with Gasteiger partial charge in [0, 0.05) is 26.2 Å². The van der Waals surface area contributed by atoms with Gasteiger partial charge in [-0.05, 0) is 25.1 Å². The predicted molar refractivity (Wildman–Crippen MR) is 112 cm³/mol. The number of hydrogen-bond donors (Lipinski definition) is 1. The molecule has 5 rings (SSSR count). The highest BCUT2D eigenvalue weighted by Gasteiger charge is 2.22. The van der Waals surface area contributed by atoms with Gasteiger partial charge in [-0.3, -0.25) is 14.7 Å². The lowest BCUT2D eigenvalue weighted by Crippen LogP contribution is -2.49. The van der Waals surface area contributed by atoms with Crippen LogP contribution < -0.4 is 10.2 Å². The summed E-state index contributed by atoms with van der Waals surface area (Å²) in [5.41, 5.74) is 1.40. The minimum Gasteiger partial charge on any atom is -0.353 e. The maximum atomic E-state index is 13.3. The van der Waals surface area contributed by atoms with Crippen molar-refractivity contribution in [1.82, 2.24) is 29.5 Å². The summed E-state index contributed by atoms with van der Waals surface area (Å²) < 4.78 is 15.8. The predicted octanol–water partition coefficient (Wildman–Crippen LogP) is 1.94. The third-order valence-corrected chi connectivity index (χ3v) is 5.93. The molecule has 4 aromatic rings. The van der Waals surface area contributed by atoms with Gasteiger partial charge in [0.15, 0.2) is 16.6 Å². The lowest BCUT2D eigenvalue weighted by atomic mass is 10.3. The number of nitrogens with one attached hydrogen (secondary N) is 1. The van der Waals surface area contributed by atoms with E-state index in [0.29, 0.717) is 21.2 Å². The number of anilines is 2. The molecule has 0 aliphatic carbocycles. The summed E-state index contributed by atoms with van der Waals surface area (Å²) in [6, 6.07) is 4.40. The van der Waals surface area contributed by atoms with Crippen molar-refractivity contribution in [3.8, 4) is 0 Å². The second-order valence-corrected chi connectivity index (χ2v) is 8.17. The average molecular weight is 426 g/mol. The van der Waals surface area contributed by atoms with Crippen LogP contribution in [0.1, 0.15) is 5.82 Å². The Morgan fingerprint density at radius 3 is 2.87 bits per heavy atom. The molecule has 1 N–H and O–H groups in total. The minimum absolute atomic E-state index is 0.126. The SMILES string of the molecule is Cc1nc2cncc(N3CCN(CC(=O)Nc4nc5ccc(F)cc5s4)CC3)n2n1. The summed E-state index contributed by atoms with van der Waals surface area (Å²) >= 11 is 1.27. The largest absolute Gasteiger partial charge is 0.353 e. The fraction of sp³-hybridized carbons (Fsp3) is 0.316. The number of nitrogens with zero attached hydrogens (tertiary/aromatic N) is 7. The lowest BCUT2D eigenvalue weighted by molar-refractivity contribution is -0.117. The third kappa shape index (κ3) is 3.68. The van der Waals surface area contributed by atoms with Crippen LogP contribution in [0, 0.1) is 12.7 Å². The summed E-state index contributed by atoms with van der Waals surface area (Å²) in [6.45, 7) is 5.13. The van der Waals surface area contributed by atoms with E-state index in [0.717, 1.165) is 37.6 Å². The van der Waals surface area contributed by atoms with E-state index in [-0.39, 0.29) is 18.3 Å². The number of halogens is 1. The van der Waals surface area contributed by atoms with Crippen molar-refractivity contribution in [2.24, 2.45) is 0 Å². The number of rotatable bonds is 4. The highest BCUT2D eigenvalue weighted by Crippen LogP contribution is 2.26. The van der Waals surface area contributed by atoms with Gasteiger partial charge in [-0.15, -0.1) is 5.10 Å². The zero-order valence-electron chi connectivity index (χ0n) is 16.2. The number of hydrogen-bond acceptors (Lipinski definition) is 8. The van der Waals surface area contributed by atoms with E-state index >= 15 is 0 Å². The molecule has 0 radical (unpaired) electrons. The standard InChI is InChI=1S/C19H19FN8OS/c1-12-22-16-9-21-10-18(28(16)25-12)27-6-4-26(5-7-27)11-17(29)24-19-23-14-3-2-13(20)8-15(14)30-19/h2-3,8-10H,4-7,11H2,1H3,(H,23,24,29). The molecule has 9 nitrogen and oxygen atoms in total. The van der Waals surface area contributed by atoms with E-state index in [1.807, 2.05) is 6.92 Å². The molecule has 1 fully saturated rings. The molecule has 0 saturated carbocycles. The second kappa shape index (κ2) is 7.58. The van der Waals surface area contributed by atoms with Gasteiger partial charge < -0.3 is 10.2 Å². The molecule has 1 aliphatic heterocycles. The smallest absolute Gasteiger partial charge is 0.240 e. The van der Waals surface area contributed by atoms with Crippen molar-refractivity contribution in [3.63, 3.8) is 0 Å². The van der Waals surface area contributed by atoms with Crippen LogP contribution in [0.15, 0.2) is 30.6 Å². The van der Waals surface area contributed by atoms with E-state index in [1.54, 1.807) is 23.0 Å². The molecule has 1 aromatic carbocycles. The first-order valence-electron chi connectivity index (χ1n) is 9.56. The van der Waals surface area contributed by atoms with Crippen molar-refractivity contribution in [2.75, 3.05) is 42.9 Å². The quantitative estimate of drug-likeness (QED) is 0.533. The Balaban J connectivity index is 1.19. The minimum atomic E-state index is -0.311. The van der Waals surface area contributed by atoms with E-state index in [1.165, 1.54) is 23.5 Å². The van der Waals surface area contributed by atoms with Gasteiger partial charge in [-0.25, -0.2) is 14.4 Å². The van der Waals surface area contributed by atoms with Gasteiger partial charge in [0.05, 0.1) is 29.2 Å². The number of carbonyl (C=O) groups is 1. The summed E-state index contributed by atoms with van der Waals surface area (Å²) in [7, 11) is 0. The molecule has 0 unspecified atom stereocenters. The summed E-state index contributed by atoms with van der Waals surface area (Å²) in [6.07, 6.45) is 3.49. The van der Waals surface area contributed by atoms with Gasteiger partial charge >= 0.3 is 0 Å². The van der Waals surface area contributed by atoms with Crippen LogP contribution in [0.4, 0.5) is 15.3 Å². The molecular formula is C19H19FN8OS. The van der Waals surface area contributed by atoms with Crippen LogP contribution in [0.5, 0.6) is 0 Å². The molecule has 4 heterocycles. The van der Waals surface area contributed by atoms with Gasteiger partial charge in [0.25, 0.3) is 0 Å². The van der Waals surface area contributed by atoms with Crippen LogP contribution in [-0.4, -0.2) is 68.1 Å².